The Balaban J connectivity index is 2.11. The first-order chi connectivity index (χ1) is 14.0. The molecule has 0 saturated carbocycles. The van der Waals surface area contributed by atoms with Gasteiger partial charge in [0.2, 0.25) is 0 Å². The zero-order chi connectivity index (χ0) is 21.0. The average molecular weight is 393 g/mol. The molecule has 0 aliphatic carbocycles. The molecule has 1 N–H and O–H groups in total. The first-order valence-corrected chi connectivity index (χ1v) is 9.67. The summed E-state index contributed by atoms with van der Waals surface area (Å²) < 4.78 is 12.5. The van der Waals surface area contributed by atoms with Crippen molar-refractivity contribution < 1.29 is 14.3 Å². The summed E-state index contributed by atoms with van der Waals surface area (Å²) in [6.45, 7) is 6.05. The third-order valence-electron chi connectivity index (χ3n) is 4.90. The van der Waals surface area contributed by atoms with Gasteiger partial charge in [0.25, 0.3) is 5.91 Å². The molecule has 1 aromatic heterocycles. The van der Waals surface area contributed by atoms with Gasteiger partial charge in [-0.2, -0.15) is 5.10 Å². The van der Waals surface area contributed by atoms with E-state index >= 15 is 0 Å². The number of amides is 1. The predicted molar refractivity (Wildman–Crippen MR) is 114 cm³/mol. The molecular weight excluding hydrogens is 366 g/mol. The Morgan fingerprint density at radius 3 is 2.45 bits per heavy atom. The van der Waals surface area contributed by atoms with E-state index in [1.54, 1.807) is 31.0 Å². The molecule has 152 valence electrons. The number of nitrogens with zero attached hydrogens (tertiary/aromatic N) is 2. The summed E-state index contributed by atoms with van der Waals surface area (Å²) in [7, 11) is 3.21. The third-order valence-corrected chi connectivity index (χ3v) is 4.90. The van der Waals surface area contributed by atoms with Crippen molar-refractivity contribution in [2.45, 2.75) is 33.2 Å². The summed E-state index contributed by atoms with van der Waals surface area (Å²) in [5, 5.41) is 7.76. The van der Waals surface area contributed by atoms with Crippen LogP contribution in [0.25, 0.3) is 16.9 Å². The van der Waals surface area contributed by atoms with Gasteiger partial charge in [0.15, 0.2) is 0 Å². The van der Waals surface area contributed by atoms with E-state index in [0.717, 1.165) is 23.2 Å². The first kappa shape index (κ1) is 20.5. The van der Waals surface area contributed by atoms with E-state index in [-0.39, 0.29) is 11.9 Å². The summed E-state index contributed by atoms with van der Waals surface area (Å²) in [4.78, 5) is 13.0. The van der Waals surface area contributed by atoms with Gasteiger partial charge in [-0.15, -0.1) is 0 Å². The van der Waals surface area contributed by atoms with Crippen molar-refractivity contribution in [3.63, 3.8) is 0 Å². The number of carbonyl (C=O) groups is 1. The highest BCUT2D eigenvalue weighted by Crippen LogP contribution is 2.33. The van der Waals surface area contributed by atoms with Crippen molar-refractivity contribution in [3.05, 3.63) is 59.8 Å². The van der Waals surface area contributed by atoms with Crippen molar-refractivity contribution in [1.82, 2.24) is 15.1 Å². The molecule has 1 atom stereocenters. The molecule has 3 rings (SSSR count). The molecule has 2 aromatic carbocycles. The van der Waals surface area contributed by atoms with Crippen molar-refractivity contribution in [3.8, 4) is 28.4 Å². The second-order valence-electron chi connectivity index (χ2n) is 7.01. The molecule has 0 aliphatic rings. The van der Waals surface area contributed by atoms with Gasteiger partial charge in [-0.25, -0.2) is 4.68 Å². The summed E-state index contributed by atoms with van der Waals surface area (Å²) >= 11 is 0. The maximum Gasteiger partial charge on any atom is 0.270 e. The molecule has 0 fully saturated rings. The molecule has 29 heavy (non-hydrogen) atoms. The van der Waals surface area contributed by atoms with E-state index in [1.165, 1.54) is 0 Å². The Hall–Kier alpha value is -3.28. The van der Waals surface area contributed by atoms with Gasteiger partial charge < -0.3 is 14.8 Å². The zero-order valence-corrected chi connectivity index (χ0v) is 17.5. The van der Waals surface area contributed by atoms with Gasteiger partial charge >= 0.3 is 0 Å². The smallest absolute Gasteiger partial charge is 0.270 e. The number of benzene rings is 2. The molecule has 0 saturated heterocycles. The van der Waals surface area contributed by atoms with Gasteiger partial charge in [0, 0.05) is 17.7 Å². The minimum atomic E-state index is -0.161. The molecule has 6 heteroatoms. The van der Waals surface area contributed by atoms with Gasteiger partial charge in [-0.1, -0.05) is 24.6 Å². The number of aryl methyl sites for hydroxylation is 1. The van der Waals surface area contributed by atoms with Crippen molar-refractivity contribution in [2.24, 2.45) is 0 Å². The van der Waals surface area contributed by atoms with Crippen LogP contribution in [-0.2, 0) is 0 Å². The lowest BCUT2D eigenvalue weighted by atomic mass is 10.1. The summed E-state index contributed by atoms with van der Waals surface area (Å²) in [6.07, 6.45) is 0.851. The summed E-state index contributed by atoms with van der Waals surface area (Å²) in [6, 6.07) is 15.3. The molecular formula is C23H27N3O3. The van der Waals surface area contributed by atoms with Crippen LogP contribution in [0.5, 0.6) is 11.5 Å². The van der Waals surface area contributed by atoms with Gasteiger partial charge in [0.05, 0.1) is 25.6 Å². The minimum absolute atomic E-state index is 0.0721. The molecule has 0 bridgehead atoms. The number of rotatable bonds is 7. The van der Waals surface area contributed by atoms with E-state index in [9.17, 15) is 4.79 Å². The average Bonchev–Trinajstić information content (AvgIpc) is 3.19. The second-order valence-corrected chi connectivity index (χ2v) is 7.01. The molecule has 0 radical (unpaired) electrons. The van der Waals surface area contributed by atoms with E-state index in [1.807, 2.05) is 57.2 Å². The van der Waals surface area contributed by atoms with Crippen LogP contribution in [0.2, 0.25) is 0 Å². The van der Waals surface area contributed by atoms with E-state index in [2.05, 4.69) is 5.32 Å². The maximum absolute atomic E-state index is 13.0. The standard InChI is InChI=1S/C23H27N3O3/c1-6-16(3)24-23(27)21-14-20(19-12-11-18(28-4)13-22(19)29-5)25-26(21)17-9-7-15(2)8-10-17/h7-14,16H,6H2,1-5H3,(H,24,27). The van der Waals surface area contributed by atoms with Crippen LogP contribution in [0, 0.1) is 6.92 Å². The summed E-state index contributed by atoms with van der Waals surface area (Å²) in [5.41, 5.74) is 3.88. The van der Waals surface area contributed by atoms with Gasteiger partial charge in [-0.3, -0.25) is 4.79 Å². The molecule has 1 amide bonds. The van der Waals surface area contributed by atoms with Crippen LogP contribution in [0.4, 0.5) is 0 Å². The largest absolute Gasteiger partial charge is 0.497 e. The van der Waals surface area contributed by atoms with Crippen LogP contribution in [0.1, 0.15) is 36.3 Å². The van der Waals surface area contributed by atoms with Crippen LogP contribution in [0.15, 0.2) is 48.5 Å². The topological polar surface area (TPSA) is 65.4 Å². The monoisotopic (exact) mass is 393 g/mol. The van der Waals surface area contributed by atoms with Crippen LogP contribution in [0.3, 0.4) is 0 Å². The Morgan fingerprint density at radius 1 is 1.10 bits per heavy atom. The van der Waals surface area contributed by atoms with Crippen molar-refractivity contribution in [2.75, 3.05) is 14.2 Å². The fourth-order valence-corrected chi connectivity index (χ4v) is 2.97. The molecule has 0 aliphatic heterocycles. The number of carbonyl (C=O) groups excluding carboxylic acids is 1. The SMILES string of the molecule is CCC(C)NC(=O)c1cc(-c2ccc(OC)cc2OC)nn1-c1ccc(C)cc1. The Labute approximate surface area is 171 Å². The first-order valence-electron chi connectivity index (χ1n) is 9.67. The molecule has 0 spiro atoms. The highest BCUT2D eigenvalue weighted by Gasteiger charge is 2.20. The molecule has 6 nitrogen and oxygen atoms in total. The molecule has 1 unspecified atom stereocenters. The number of hydrogen-bond acceptors (Lipinski definition) is 4. The minimum Gasteiger partial charge on any atom is -0.497 e. The van der Waals surface area contributed by atoms with E-state index in [4.69, 9.17) is 14.6 Å². The zero-order valence-electron chi connectivity index (χ0n) is 17.5. The lowest BCUT2D eigenvalue weighted by Gasteiger charge is -2.12. The normalized spacial score (nSPS) is 11.8. The number of aromatic nitrogens is 2. The lowest BCUT2D eigenvalue weighted by molar-refractivity contribution is 0.0931. The molecule has 3 aromatic rings. The Morgan fingerprint density at radius 2 is 1.83 bits per heavy atom. The number of methoxy groups -OCH3 is 2. The number of nitrogens with one attached hydrogen (secondary N) is 1. The van der Waals surface area contributed by atoms with E-state index < -0.39 is 0 Å². The second kappa shape index (κ2) is 8.82. The van der Waals surface area contributed by atoms with Crippen molar-refractivity contribution >= 4 is 5.91 Å². The maximum atomic E-state index is 13.0. The fourth-order valence-electron chi connectivity index (χ4n) is 2.97. The van der Waals surface area contributed by atoms with Crippen LogP contribution >= 0.6 is 0 Å². The summed E-state index contributed by atoms with van der Waals surface area (Å²) in [5.74, 6) is 1.16. The number of ether oxygens (including phenoxy) is 2. The lowest BCUT2D eigenvalue weighted by Crippen LogP contribution is -2.33. The number of hydrogen-bond donors (Lipinski definition) is 1. The predicted octanol–water partition coefficient (Wildman–Crippen LogP) is 4.39. The Kier molecular flexibility index (Phi) is 6.22. The van der Waals surface area contributed by atoms with E-state index in [0.29, 0.717) is 22.9 Å². The highest BCUT2D eigenvalue weighted by atomic mass is 16.5. The van der Waals surface area contributed by atoms with Crippen molar-refractivity contribution in [1.29, 1.82) is 0 Å². The Bertz CT molecular complexity index is 993. The van der Waals surface area contributed by atoms with Crippen LogP contribution < -0.4 is 14.8 Å². The quantitative estimate of drug-likeness (QED) is 0.646. The fraction of sp³-hybridized carbons (Fsp3) is 0.304. The molecule has 1 heterocycles. The van der Waals surface area contributed by atoms with Gasteiger partial charge in [-0.05, 0) is 50.6 Å². The highest BCUT2D eigenvalue weighted by molar-refractivity contribution is 5.94. The van der Waals surface area contributed by atoms with Gasteiger partial charge in [0.1, 0.15) is 17.2 Å². The third kappa shape index (κ3) is 4.42. The van der Waals surface area contributed by atoms with Crippen LogP contribution in [-0.4, -0.2) is 35.9 Å².